The number of anilines is 1. The Balaban J connectivity index is 0. The Morgan fingerprint density at radius 3 is 1.56 bits per heavy atom. The normalized spacial score (nSPS) is 9.80. The molecule has 150 valence electrons. The van der Waals surface area contributed by atoms with Crippen molar-refractivity contribution in [3.63, 3.8) is 0 Å². The predicted octanol–water partition coefficient (Wildman–Crippen LogP) is 5.94. The van der Waals surface area contributed by atoms with Crippen LogP contribution in [0.2, 0.25) is 0 Å². The fraction of sp³-hybridized carbons (Fsp3) is 0.857. The average molecular weight is 355 g/mol. The van der Waals surface area contributed by atoms with E-state index in [1.165, 1.54) is 83.6 Å². The number of hydrogen-bond acceptors (Lipinski definition) is 3. The van der Waals surface area contributed by atoms with Gasteiger partial charge in [-0.25, -0.2) is 4.98 Å². The Kier molecular flexibility index (Phi) is 24.1. The highest BCUT2D eigenvalue weighted by molar-refractivity contribution is 5.15. The quantitative estimate of drug-likeness (QED) is 0.457. The number of nitrogen functional groups attached to an aromatic ring is 1. The zero-order chi connectivity index (χ0) is 19.2. The minimum Gasteiger partial charge on any atom is -0.369 e. The van der Waals surface area contributed by atoms with Gasteiger partial charge in [-0.05, 0) is 20.0 Å². The number of nitrogens with zero attached hydrogens (tertiary/aromatic N) is 2. The summed E-state index contributed by atoms with van der Waals surface area (Å²) in [6.07, 6.45) is 20.3. The minimum absolute atomic E-state index is 0.556. The summed E-state index contributed by atoms with van der Waals surface area (Å²) in [5.41, 5.74) is 5.29. The SMILES string of the molecule is CCCCCCCC.CCCCCCCCNC.Cn1ccnc1N. The van der Waals surface area contributed by atoms with E-state index in [9.17, 15) is 0 Å². The molecule has 0 saturated heterocycles. The summed E-state index contributed by atoms with van der Waals surface area (Å²) >= 11 is 0. The van der Waals surface area contributed by atoms with Crippen LogP contribution in [-0.2, 0) is 7.05 Å². The van der Waals surface area contributed by atoms with Gasteiger partial charge in [-0.1, -0.05) is 91.4 Å². The summed E-state index contributed by atoms with van der Waals surface area (Å²) < 4.78 is 1.75. The van der Waals surface area contributed by atoms with E-state index >= 15 is 0 Å². The van der Waals surface area contributed by atoms with E-state index in [2.05, 4.69) is 31.1 Å². The number of aromatic nitrogens is 2. The first-order valence-corrected chi connectivity index (χ1v) is 10.5. The molecule has 3 N–H and O–H groups in total. The van der Waals surface area contributed by atoms with Crippen molar-refractivity contribution in [3.8, 4) is 0 Å². The van der Waals surface area contributed by atoms with Crippen LogP contribution in [0.1, 0.15) is 97.8 Å². The number of rotatable bonds is 12. The van der Waals surface area contributed by atoms with Crippen LogP contribution in [0.4, 0.5) is 5.95 Å². The lowest BCUT2D eigenvalue weighted by atomic mass is 10.1. The second kappa shape index (κ2) is 23.0. The average Bonchev–Trinajstić information content (AvgIpc) is 2.99. The first kappa shape index (κ1) is 26.2. The highest BCUT2D eigenvalue weighted by Crippen LogP contribution is 2.04. The molecule has 1 rings (SSSR count). The lowest BCUT2D eigenvalue weighted by Gasteiger charge is -1.98. The number of nitrogens with two attached hydrogens (primary N) is 1. The smallest absolute Gasteiger partial charge is 0.199 e. The van der Waals surface area contributed by atoms with Gasteiger partial charge >= 0.3 is 0 Å². The molecule has 0 unspecified atom stereocenters. The molecule has 0 amide bonds. The molecule has 1 aromatic heterocycles. The van der Waals surface area contributed by atoms with Crippen molar-refractivity contribution in [2.75, 3.05) is 19.3 Å². The van der Waals surface area contributed by atoms with Crippen molar-refractivity contribution in [3.05, 3.63) is 12.4 Å². The van der Waals surface area contributed by atoms with Crippen molar-refractivity contribution in [1.82, 2.24) is 14.9 Å². The van der Waals surface area contributed by atoms with Crippen LogP contribution >= 0.6 is 0 Å². The molecule has 1 aromatic rings. The summed E-state index contributed by atoms with van der Waals surface area (Å²) in [7, 11) is 3.87. The summed E-state index contributed by atoms with van der Waals surface area (Å²) in [5.74, 6) is 0.556. The van der Waals surface area contributed by atoms with E-state index in [0.717, 1.165) is 0 Å². The van der Waals surface area contributed by atoms with Gasteiger partial charge in [-0.15, -0.1) is 0 Å². The van der Waals surface area contributed by atoms with Gasteiger partial charge in [-0.2, -0.15) is 0 Å². The molecule has 0 aliphatic rings. The van der Waals surface area contributed by atoms with Gasteiger partial charge in [0.2, 0.25) is 0 Å². The molecule has 4 heteroatoms. The fourth-order valence-electron chi connectivity index (χ4n) is 2.31. The Hall–Kier alpha value is -1.03. The Labute approximate surface area is 158 Å². The lowest BCUT2D eigenvalue weighted by molar-refractivity contribution is 0.592. The van der Waals surface area contributed by atoms with Crippen LogP contribution in [-0.4, -0.2) is 23.1 Å². The van der Waals surface area contributed by atoms with Gasteiger partial charge < -0.3 is 15.6 Å². The molecule has 0 fully saturated rings. The standard InChI is InChI=1S/C9H21N.C8H18.C4H7N3/c1-3-4-5-6-7-8-9-10-2;1-3-5-7-8-6-4-2;1-7-3-2-6-4(7)5/h10H,3-9H2,1-2H3;3-8H2,1-2H3;2-3H,1H3,(H2,5,6). The molecular weight excluding hydrogens is 308 g/mol. The third-order valence-corrected chi connectivity index (χ3v) is 4.10. The largest absolute Gasteiger partial charge is 0.369 e. The number of hydrogen-bond donors (Lipinski definition) is 2. The maximum Gasteiger partial charge on any atom is 0.199 e. The van der Waals surface area contributed by atoms with Crippen LogP contribution in [0.15, 0.2) is 12.4 Å². The molecule has 0 aliphatic carbocycles. The number of unbranched alkanes of at least 4 members (excludes halogenated alkanes) is 10. The highest BCUT2D eigenvalue weighted by Gasteiger charge is 1.87. The Morgan fingerprint density at radius 1 is 0.840 bits per heavy atom. The summed E-state index contributed by atoms with van der Waals surface area (Å²) in [4.78, 5) is 3.76. The van der Waals surface area contributed by atoms with Crippen molar-refractivity contribution in [2.24, 2.45) is 7.05 Å². The third kappa shape index (κ3) is 23.0. The minimum atomic E-state index is 0.556. The molecule has 1 heterocycles. The molecule has 0 radical (unpaired) electrons. The molecule has 4 nitrogen and oxygen atoms in total. The van der Waals surface area contributed by atoms with E-state index in [1.54, 1.807) is 17.0 Å². The topological polar surface area (TPSA) is 55.9 Å². The maximum atomic E-state index is 5.29. The van der Waals surface area contributed by atoms with Crippen LogP contribution in [0.25, 0.3) is 0 Å². The zero-order valence-corrected chi connectivity index (χ0v) is 17.8. The van der Waals surface area contributed by atoms with Crippen LogP contribution in [0.3, 0.4) is 0 Å². The number of imidazole rings is 1. The number of nitrogens with one attached hydrogen (secondary N) is 1. The fourth-order valence-corrected chi connectivity index (χ4v) is 2.31. The molecule has 0 atom stereocenters. The molecule has 0 saturated carbocycles. The lowest BCUT2D eigenvalue weighted by Crippen LogP contribution is -2.06. The summed E-state index contributed by atoms with van der Waals surface area (Å²) in [6, 6.07) is 0. The summed E-state index contributed by atoms with van der Waals surface area (Å²) in [6.45, 7) is 7.96. The zero-order valence-electron chi connectivity index (χ0n) is 17.8. The van der Waals surface area contributed by atoms with E-state index in [-0.39, 0.29) is 0 Å². The van der Waals surface area contributed by atoms with Crippen molar-refractivity contribution in [1.29, 1.82) is 0 Å². The first-order valence-electron chi connectivity index (χ1n) is 10.5. The van der Waals surface area contributed by atoms with E-state index < -0.39 is 0 Å². The van der Waals surface area contributed by atoms with Crippen molar-refractivity contribution < 1.29 is 0 Å². The van der Waals surface area contributed by atoms with Gasteiger partial charge in [-0.3, -0.25) is 0 Å². The van der Waals surface area contributed by atoms with Crippen LogP contribution in [0, 0.1) is 0 Å². The number of aryl methyl sites for hydroxylation is 1. The van der Waals surface area contributed by atoms with Gasteiger partial charge in [0.1, 0.15) is 0 Å². The Bertz CT molecular complexity index is 306. The highest BCUT2D eigenvalue weighted by atomic mass is 15.1. The van der Waals surface area contributed by atoms with Gasteiger partial charge in [0.15, 0.2) is 5.95 Å². The second-order valence-corrected chi connectivity index (χ2v) is 6.68. The van der Waals surface area contributed by atoms with Crippen LogP contribution < -0.4 is 11.1 Å². The second-order valence-electron chi connectivity index (χ2n) is 6.68. The van der Waals surface area contributed by atoms with Crippen molar-refractivity contribution in [2.45, 2.75) is 97.8 Å². The molecule has 0 aliphatic heterocycles. The van der Waals surface area contributed by atoms with Gasteiger partial charge in [0.25, 0.3) is 0 Å². The van der Waals surface area contributed by atoms with Gasteiger partial charge in [0.05, 0.1) is 0 Å². The monoisotopic (exact) mass is 354 g/mol. The molecule has 0 aromatic carbocycles. The van der Waals surface area contributed by atoms with Crippen molar-refractivity contribution >= 4 is 5.95 Å². The molecule has 0 bridgehead atoms. The third-order valence-electron chi connectivity index (χ3n) is 4.10. The Morgan fingerprint density at radius 2 is 1.28 bits per heavy atom. The first-order chi connectivity index (χ1) is 12.1. The van der Waals surface area contributed by atoms with Gasteiger partial charge in [0, 0.05) is 19.4 Å². The predicted molar refractivity (Wildman–Crippen MR) is 114 cm³/mol. The van der Waals surface area contributed by atoms with E-state index in [4.69, 9.17) is 5.73 Å². The maximum absolute atomic E-state index is 5.29. The van der Waals surface area contributed by atoms with E-state index in [1.807, 2.05) is 14.1 Å². The summed E-state index contributed by atoms with van der Waals surface area (Å²) in [5, 5.41) is 3.16. The molecular formula is C21H46N4. The van der Waals surface area contributed by atoms with Crippen LogP contribution in [0.5, 0.6) is 0 Å². The molecule has 0 spiro atoms. The molecule has 25 heavy (non-hydrogen) atoms. The van der Waals surface area contributed by atoms with E-state index in [0.29, 0.717) is 5.95 Å².